The summed E-state index contributed by atoms with van der Waals surface area (Å²) in [7, 11) is 2.16. The summed E-state index contributed by atoms with van der Waals surface area (Å²) in [4.78, 5) is 19.2. The van der Waals surface area contributed by atoms with Crippen LogP contribution in [0.5, 0.6) is 0 Å². The summed E-state index contributed by atoms with van der Waals surface area (Å²) in [6.45, 7) is 2.25. The zero-order chi connectivity index (χ0) is 13.4. The number of rotatable bonds is 2. The number of H-pyrrole nitrogens is 2. The van der Waals surface area contributed by atoms with E-state index in [1.54, 1.807) is 0 Å². The second-order valence-corrected chi connectivity index (χ2v) is 6.03. The van der Waals surface area contributed by atoms with Crippen molar-refractivity contribution in [2.24, 2.45) is 0 Å². The number of halogens is 1. The average Bonchev–Trinajstić information content (AvgIpc) is 2.72. The smallest absolute Gasteiger partial charge is 0.323 e. The van der Waals surface area contributed by atoms with Gasteiger partial charge in [0.15, 0.2) is 0 Å². The van der Waals surface area contributed by atoms with E-state index in [1.807, 2.05) is 12.1 Å². The summed E-state index contributed by atoms with van der Waals surface area (Å²) in [5.74, 6) is 0. The van der Waals surface area contributed by atoms with Crippen molar-refractivity contribution in [3.8, 4) is 0 Å². The third kappa shape index (κ3) is 2.69. The van der Waals surface area contributed by atoms with Crippen molar-refractivity contribution in [2.45, 2.75) is 18.9 Å². The van der Waals surface area contributed by atoms with E-state index in [0.29, 0.717) is 6.04 Å². The van der Waals surface area contributed by atoms with Crippen LogP contribution in [0, 0.1) is 0 Å². The second-order valence-electron chi connectivity index (χ2n) is 5.18. The van der Waals surface area contributed by atoms with Gasteiger partial charge in [0.2, 0.25) is 0 Å². The second kappa shape index (κ2) is 5.02. The number of fused-ring (bicyclic) bond motifs is 1. The largest absolute Gasteiger partial charge is 0.381 e. The molecule has 0 spiro atoms. The Morgan fingerprint density at radius 1 is 1.26 bits per heavy atom. The molecule has 3 rings (SSSR count). The minimum atomic E-state index is -0.168. The molecule has 0 saturated carbocycles. The van der Waals surface area contributed by atoms with E-state index < -0.39 is 0 Å². The molecule has 0 atom stereocenters. The lowest BCUT2D eigenvalue weighted by Crippen LogP contribution is -2.36. The van der Waals surface area contributed by atoms with Crippen LogP contribution >= 0.6 is 15.9 Å². The molecule has 102 valence electrons. The van der Waals surface area contributed by atoms with Gasteiger partial charge in [-0.25, -0.2) is 4.79 Å². The maximum absolute atomic E-state index is 11.3. The van der Waals surface area contributed by atoms with Crippen molar-refractivity contribution < 1.29 is 0 Å². The number of aromatic nitrogens is 2. The van der Waals surface area contributed by atoms with E-state index in [-0.39, 0.29) is 5.69 Å². The van der Waals surface area contributed by atoms with Crippen molar-refractivity contribution in [3.05, 3.63) is 27.1 Å². The molecule has 1 aliphatic rings. The molecule has 1 aliphatic heterocycles. The van der Waals surface area contributed by atoms with Crippen LogP contribution in [0.3, 0.4) is 0 Å². The number of hydrogen-bond acceptors (Lipinski definition) is 3. The van der Waals surface area contributed by atoms with Crippen molar-refractivity contribution in [1.29, 1.82) is 0 Å². The molecule has 0 amide bonds. The fourth-order valence-corrected chi connectivity index (χ4v) is 3.00. The fraction of sp³-hybridized carbons (Fsp3) is 0.462. The first-order chi connectivity index (χ1) is 9.11. The lowest BCUT2D eigenvalue weighted by atomic mass is 10.1. The number of nitrogens with one attached hydrogen (secondary N) is 3. The molecule has 19 heavy (non-hydrogen) atoms. The van der Waals surface area contributed by atoms with Gasteiger partial charge in [-0.15, -0.1) is 0 Å². The number of likely N-dealkylation sites (tertiary alicyclic amines) is 1. The number of anilines is 1. The molecule has 3 N–H and O–H groups in total. The van der Waals surface area contributed by atoms with Gasteiger partial charge in [0, 0.05) is 10.5 Å². The predicted octanol–water partition coefficient (Wildman–Crippen LogP) is 2.12. The molecular formula is C13H17BrN4O. The monoisotopic (exact) mass is 324 g/mol. The Labute approximate surface area is 119 Å². The van der Waals surface area contributed by atoms with Crippen LogP contribution in [0.15, 0.2) is 21.4 Å². The van der Waals surface area contributed by atoms with Gasteiger partial charge in [-0.05, 0) is 61.0 Å². The van der Waals surface area contributed by atoms with E-state index in [4.69, 9.17) is 0 Å². The quantitative estimate of drug-likeness (QED) is 0.793. The zero-order valence-corrected chi connectivity index (χ0v) is 12.4. The molecule has 1 aromatic heterocycles. The number of aromatic amines is 2. The van der Waals surface area contributed by atoms with Crippen molar-refractivity contribution in [1.82, 2.24) is 14.9 Å². The van der Waals surface area contributed by atoms with Gasteiger partial charge < -0.3 is 20.2 Å². The van der Waals surface area contributed by atoms with E-state index >= 15 is 0 Å². The van der Waals surface area contributed by atoms with Gasteiger partial charge in [0.1, 0.15) is 0 Å². The first kappa shape index (κ1) is 12.7. The first-order valence-electron chi connectivity index (χ1n) is 6.48. The average molecular weight is 325 g/mol. The van der Waals surface area contributed by atoms with Crippen LogP contribution in [0.2, 0.25) is 0 Å². The van der Waals surface area contributed by atoms with E-state index in [9.17, 15) is 4.79 Å². The zero-order valence-electron chi connectivity index (χ0n) is 10.8. The number of nitrogens with zero attached hydrogens (tertiary/aromatic N) is 1. The third-order valence-corrected chi connectivity index (χ3v) is 4.34. The molecule has 0 bridgehead atoms. The Balaban J connectivity index is 1.84. The van der Waals surface area contributed by atoms with Gasteiger partial charge in [-0.2, -0.15) is 0 Å². The lowest BCUT2D eigenvalue weighted by molar-refractivity contribution is 0.264. The molecule has 0 unspecified atom stereocenters. The summed E-state index contributed by atoms with van der Waals surface area (Å²) in [6, 6.07) is 4.41. The number of benzene rings is 1. The van der Waals surface area contributed by atoms with Crippen LogP contribution in [-0.2, 0) is 0 Å². The highest BCUT2D eigenvalue weighted by Crippen LogP contribution is 2.28. The number of imidazole rings is 1. The highest BCUT2D eigenvalue weighted by atomic mass is 79.9. The Kier molecular flexibility index (Phi) is 3.36. The maximum atomic E-state index is 11.3. The Morgan fingerprint density at radius 3 is 2.58 bits per heavy atom. The SMILES string of the molecule is CN1CCC(Nc2cc3[nH]c(=O)[nH]c3cc2Br)CC1. The van der Waals surface area contributed by atoms with Crippen LogP contribution in [0.1, 0.15) is 12.8 Å². The van der Waals surface area contributed by atoms with Crippen LogP contribution in [-0.4, -0.2) is 41.0 Å². The Hall–Kier alpha value is -1.27. The predicted molar refractivity (Wildman–Crippen MR) is 80.8 cm³/mol. The minimum absolute atomic E-state index is 0.168. The molecule has 2 heterocycles. The van der Waals surface area contributed by atoms with Crippen molar-refractivity contribution in [2.75, 3.05) is 25.5 Å². The lowest BCUT2D eigenvalue weighted by Gasteiger charge is -2.30. The van der Waals surface area contributed by atoms with Gasteiger partial charge in [0.25, 0.3) is 0 Å². The summed E-state index contributed by atoms with van der Waals surface area (Å²) in [6.07, 6.45) is 2.29. The molecular weight excluding hydrogens is 308 g/mol. The Bertz CT molecular complexity index is 640. The van der Waals surface area contributed by atoms with Crippen LogP contribution in [0.25, 0.3) is 11.0 Å². The van der Waals surface area contributed by atoms with Crippen molar-refractivity contribution >= 4 is 32.7 Å². The summed E-state index contributed by atoms with van der Waals surface area (Å²) < 4.78 is 0.981. The third-order valence-electron chi connectivity index (χ3n) is 3.68. The summed E-state index contributed by atoms with van der Waals surface area (Å²) in [5, 5.41) is 3.56. The molecule has 0 aliphatic carbocycles. The molecule has 5 nitrogen and oxygen atoms in total. The van der Waals surface area contributed by atoms with Gasteiger partial charge in [-0.3, -0.25) is 0 Å². The maximum Gasteiger partial charge on any atom is 0.323 e. The molecule has 1 saturated heterocycles. The van der Waals surface area contributed by atoms with Crippen molar-refractivity contribution in [3.63, 3.8) is 0 Å². The van der Waals surface area contributed by atoms with Gasteiger partial charge in [0.05, 0.1) is 16.7 Å². The fourth-order valence-electron chi connectivity index (χ4n) is 2.54. The van der Waals surface area contributed by atoms with E-state index in [2.05, 4.69) is 43.2 Å². The standard InChI is InChI=1S/C13H17BrN4O/c1-18-4-2-8(3-5-18)15-10-7-12-11(6-9(10)14)16-13(19)17-12/h6-8,15H,2-5H2,1H3,(H2,16,17,19). The molecule has 1 aromatic carbocycles. The van der Waals surface area contributed by atoms with E-state index in [1.165, 1.54) is 0 Å². The minimum Gasteiger partial charge on any atom is -0.381 e. The molecule has 0 radical (unpaired) electrons. The number of piperidine rings is 1. The Morgan fingerprint density at radius 2 is 1.89 bits per heavy atom. The van der Waals surface area contributed by atoms with E-state index in [0.717, 1.165) is 47.1 Å². The molecule has 6 heteroatoms. The van der Waals surface area contributed by atoms with Gasteiger partial charge >= 0.3 is 5.69 Å². The van der Waals surface area contributed by atoms with Crippen LogP contribution in [0.4, 0.5) is 5.69 Å². The van der Waals surface area contributed by atoms with Gasteiger partial charge in [-0.1, -0.05) is 0 Å². The van der Waals surface area contributed by atoms with Crippen LogP contribution < -0.4 is 11.0 Å². The normalized spacial score (nSPS) is 18.0. The molecule has 1 fully saturated rings. The highest BCUT2D eigenvalue weighted by Gasteiger charge is 2.17. The summed E-state index contributed by atoms with van der Waals surface area (Å²) >= 11 is 3.56. The first-order valence-corrected chi connectivity index (χ1v) is 7.28. The number of hydrogen-bond donors (Lipinski definition) is 3. The topological polar surface area (TPSA) is 63.9 Å². The molecule has 2 aromatic rings. The summed E-state index contributed by atoms with van der Waals surface area (Å²) in [5.41, 5.74) is 2.53. The highest BCUT2D eigenvalue weighted by molar-refractivity contribution is 9.10.